The van der Waals surface area contributed by atoms with Gasteiger partial charge in [-0.1, -0.05) is 30.3 Å². The molecule has 0 aromatic heterocycles. The highest BCUT2D eigenvalue weighted by atomic mass is 16.5. The number of ether oxygens (including phenoxy) is 1. The maximum absolute atomic E-state index is 12.3. The Morgan fingerprint density at radius 2 is 1.37 bits per heavy atom. The standard InChI is InChI=1S/C22H20N2O3/c1-27-20-13-11-19(12-14-20)24-22(26)17-7-9-18(10-8-17)23-21(25)15-16-5-3-2-4-6-16/h2-14H,15H2,1H3,(H,23,25)(H,24,26). The number of anilines is 2. The Kier molecular flexibility index (Phi) is 5.84. The molecule has 0 saturated heterocycles. The van der Waals surface area contributed by atoms with Crippen LogP contribution in [0.25, 0.3) is 0 Å². The van der Waals surface area contributed by atoms with E-state index in [0.29, 0.717) is 23.4 Å². The molecule has 3 aromatic rings. The minimum atomic E-state index is -0.220. The zero-order valence-electron chi connectivity index (χ0n) is 14.9. The van der Waals surface area contributed by atoms with Crippen LogP contribution in [0.2, 0.25) is 0 Å². The van der Waals surface area contributed by atoms with Crippen LogP contribution in [-0.4, -0.2) is 18.9 Å². The van der Waals surface area contributed by atoms with E-state index >= 15 is 0 Å². The monoisotopic (exact) mass is 360 g/mol. The molecule has 0 spiro atoms. The van der Waals surface area contributed by atoms with Gasteiger partial charge in [0.25, 0.3) is 5.91 Å². The zero-order chi connectivity index (χ0) is 19.1. The quantitative estimate of drug-likeness (QED) is 0.695. The van der Waals surface area contributed by atoms with Gasteiger partial charge < -0.3 is 15.4 Å². The van der Waals surface area contributed by atoms with Gasteiger partial charge in [-0.05, 0) is 54.1 Å². The van der Waals surface area contributed by atoms with Crippen molar-refractivity contribution in [1.82, 2.24) is 0 Å². The van der Waals surface area contributed by atoms with Gasteiger partial charge in [0.15, 0.2) is 0 Å². The first kappa shape index (κ1) is 18.2. The number of benzene rings is 3. The van der Waals surface area contributed by atoms with Crippen LogP contribution in [0, 0.1) is 0 Å². The number of hydrogen-bond acceptors (Lipinski definition) is 3. The Hall–Kier alpha value is -3.60. The van der Waals surface area contributed by atoms with Gasteiger partial charge in [0.1, 0.15) is 5.75 Å². The normalized spacial score (nSPS) is 10.1. The van der Waals surface area contributed by atoms with E-state index in [2.05, 4.69) is 10.6 Å². The lowest BCUT2D eigenvalue weighted by Crippen LogP contribution is -2.15. The fourth-order valence-corrected chi connectivity index (χ4v) is 2.57. The molecule has 3 aromatic carbocycles. The van der Waals surface area contributed by atoms with Crippen molar-refractivity contribution in [2.24, 2.45) is 0 Å². The van der Waals surface area contributed by atoms with Crippen LogP contribution in [0.15, 0.2) is 78.9 Å². The van der Waals surface area contributed by atoms with Gasteiger partial charge in [-0.25, -0.2) is 0 Å². The molecular formula is C22H20N2O3. The van der Waals surface area contributed by atoms with Gasteiger partial charge in [0.05, 0.1) is 13.5 Å². The third-order valence-electron chi connectivity index (χ3n) is 3.99. The summed E-state index contributed by atoms with van der Waals surface area (Å²) in [6.07, 6.45) is 0.306. The number of methoxy groups -OCH3 is 1. The van der Waals surface area contributed by atoms with Crippen LogP contribution in [0.4, 0.5) is 11.4 Å². The molecule has 2 N–H and O–H groups in total. The van der Waals surface area contributed by atoms with Gasteiger partial charge in [-0.3, -0.25) is 9.59 Å². The molecule has 2 amide bonds. The Balaban J connectivity index is 1.57. The number of carbonyl (C=O) groups excluding carboxylic acids is 2. The fraction of sp³-hybridized carbons (Fsp3) is 0.0909. The van der Waals surface area contributed by atoms with Gasteiger partial charge in [0.2, 0.25) is 5.91 Å². The average Bonchev–Trinajstić information content (AvgIpc) is 2.70. The summed E-state index contributed by atoms with van der Waals surface area (Å²) in [6.45, 7) is 0. The highest BCUT2D eigenvalue weighted by Gasteiger charge is 2.08. The molecule has 0 atom stereocenters. The van der Waals surface area contributed by atoms with Crippen molar-refractivity contribution >= 4 is 23.2 Å². The molecule has 0 aliphatic carbocycles. The smallest absolute Gasteiger partial charge is 0.255 e. The first-order valence-electron chi connectivity index (χ1n) is 8.53. The third kappa shape index (κ3) is 5.19. The lowest BCUT2D eigenvalue weighted by Gasteiger charge is -2.08. The predicted octanol–water partition coefficient (Wildman–Crippen LogP) is 4.13. The van der Waals surface area contributed by atoms with Gasteiger partial charge >= 0.3 is 0 Å². The maximum Gasteiger partial charge on any atom is 0.255 e. The summed E-state index contributed by atoms with van der Waals surface area (Å²) in [5.74, 6) is 0.405. The molecule has 0 aliphatic heterocycles. The van der Waals surface area contributed by atoms with Gasteiger partial charge in [-0.15, -0.1) is 0 Å². The highest BCUT2D eigenvalue weighted by Crippen LogP contribution is 2.17. The number of hydrogen-bond donors (Lipinski definition) is 2. The van der Waals surface area contributed by atoms with Crippen molar-refractivity contribution in [2.45, 2.75) is 6.42 Å². The number of amides is 2. The van der Waals surface area contributed by atoms with Gasteiger partial charge in [-0.2, -0.15) is 0 Å². The summed E-state index contributed by atoms with van der Waals surface area (Å²) in [7, 11) is 1.59. The topological polar surface area (TPSA) is 67.4 Å². The summed E-state index contributed by atoms with van der Waals surface area (Å²) in [5.41, 5.74) is 2.79. The molecule has 0 fully saturated rings. The van der Waals surface area contributed by atoms with E-state index in [0.717, 1.165) is 11.3 Å². The van der Waals surface area contributed by atoms with Crippen molar-refractivity contribution in [3.05, 3.63) is 90.0 Å². The lowest BCUT2D eigenvalue weighted by atomic mass is 10.1. The molecule has 0 radical (unpaired) electrons. The molecule has 0 saturated carbocycles. The van der Waals surface area contributed by atoms with E-state index in [9.17, 15) is 9.59 Å². The van der Waals surface area contributed by atoms with Crippen molar-refractivity contribution in [3.63, 3.8) is 0 Å². The first-order valence-corrected chi connectivity index (χ1v) is 8.53. The highest BCUT2D eigenvalue weighted by molar-refractivity contribution is 6.04. The minimum Gasteiger partial charge on any atom is -0.497 e. The molecule has 0 aliphatic rings. The van der Waals surface area contributed by atoms with E-state index in [1.165, 1.54) is 0 Å². The van der Waals surface area contributed by atoms with E-state index in [1.807, 2.05) is 30.3 Å². The minimum absolute atomic E-state index is 0.100. The Morgan fingerprint density at radius 3 is 2.00 bits per heavy atom. The second-order valence-corrected chi connectivity index (χ2v) is 5.97. The van der Waals surface area contributed by atoms with E-state index < -0.39 is 0 Å². The molecule has 5 nitrogen and oxygen atoms in total. The van der Waals surface area contributed by atoms with Crippen LogP contribution >= 0.6 is 0 Å². The van der Waals surface area contributed by atoms with Gasteiger partial charge in [0, 0.05) is 16.9 Å². The van der Waals surface area contributed by atoms with Crippen LogP contribution in [0.5, 0.6) is 5.75 Å². The molecule has 0 unspecified atom stereocenters. The van der Waals surface area contributed by atoms with E-state index in [1.54, 1.807) is 55.6 Å². The van der Waals surface area contributed by atoms with Crippen molar-refractivity contribution in [3.8, 4) is 5.75 Å². The number of nitrogens with one attached hydrogen (secondary N) is 2. The third-order valence-corrected chi connectivity index (χ3v) is 3.99. The second-order valence-electron chi connectivity index (χ2n) is 5.97. The Labute approximate surface area is 158 Å². The summed E-state index contributed by atoms with van der Waals surface area (Å²) in [6, 6.07) is 23.4. The van der Waals surface area contributed by atoms with Crippen molar-refractivity contribution in [2.75, 3.05) is 17.7 Å². The molecule has 0 heterocycles. The van der Waals surface area contributed by atoms with Crippen LogP contribution in [0.1, 0.15) is 15.9 Å². The first-order chi connectivity index (χ1) is 13.1. The van der Waals surface area contributed by atoms with Crippen LogP contribution < -0.4 is 15.4 Å². The lowest BCUT2D eigenvalue weighted by molar-refractivity contribution is -0.115. The molecule has 3 rings (SSSR count). The number of carbonyl (C=O) groups is 2. The van der Waals surface area contributed by atoms with Crippen LogP contribution in [0.3, 0.4) is 0 Å². The molecule has 0 bridgehead atoms. The Bertz CT molecular complexity index is 905. The SMILES string of the molecule is COc1ccc(NC(=O)c2ccc(NC(=O)Cc3ccccc3)cc2)cc1. The average molecular weight is 360 g/mol. The predicted molar refractivity (Wildman–Crippen MR) is 106 cm³/mol. The Morgan fingerprint density at radius 1 is 0.778 bits per heavy atom. The second kappa shape index (κ2) is 8.67. The summed E-state index contributed by atoms with van der Waals surface area (Å²) in [5, 5.41) is 5.65. The summed E-state index contributed by atoms with van der Waals surface area (Å²) in [4.78, 5) is 24.4. The molecule has 27 heavy (non-hydrogen) atoms. The number of rotatable bonds is 6. The van der Waals surface area contributed by atoms with Crippen molar-refractivity contribution in [1.29, 1.82) is 0 Å². The largest absolute Gasteiger partial charge is 0.497 e. The zero-order valence-corrected chi connectivity index (χ0v) is 14.9. The molecular weight excluding hydrogens is 340 g/mol. The van der Waals surface area contributed by atoms with Crippen LogP contribution in [-0.2, 0) is 11.2 Å². The van der Waals surface area contributed by atoms with E-state index in [4.69, 9.17) is 4.74 Å². The summed E-state index contributed by atoms with van der Waals surface area (Å²) >= 11 is 0. The maximum atomic E-state index is 12.3. The van der Waals surface area contributed by atoms with E-state index in [-0.39, 0.29) is 11.8 Å². The fourth-order valence-electron chi connectivity index (χ4n) is 2.57. The molecule has 136 valence electrons. The molecule has 5 heteroatoms. The summed E-state index contributed by atoms with van der Waals surface area (Å²) < 4.78 is 5.09. The van der Waals surface area contributed by atoms with Crippen molar-refractivity contribution < 1.29 is 14.3 Å².